The Kier molecular flexibility index (Phi) is 6.83. The van der Waals surface area contributed by atoms with Gasteiger partial charge in [0.2, 0.25) is 5.91 Å². The molecule has 2 rings (SSSR count). The highest BCUT2D eigenvalue weighted by molar-refractivity contribution is 5.97. The minimum atomic E-state index is -4.45. The molecule has 2 amide bonds. The van der Waals surface area contributed by atoms with E-state index in [-0.39, 0.29) is 29.9 Å². The lowest BCUT2D eigenvalue weighted by Gasteiger charge is -2.12. The summed E-state index contributed by atoms with van der Waals surface area (Å²) in [6, 6.07) is 5.46. The van der Waals surface area contributed by atoms with Gasteiger partial charge in [0.25, 0.3) is 5.91 Å². The van der Waals surface area contributed by atoms with E-state index < -0.39 is 18.6 Å². The summed E-state index contributed by atoms with van der Waals surface area (Å²) in [5.74, 6) is -0.973. The van der Waals surface area contributed by atoms with Gasteiger partial charge in [-0.3, -0.25) is 9.59 Å². The van der Waals surface area contributed by atoms with Crippen molar-refractivity contribution in [3.8, 4) is 0 Å². The Morgan fingerprint density at radius 2 is 1.87 bits per heavy atom. The molecule has 3 N–H and O–H groups in total. The zero-order valence-corrected chi connectivity index (χ0v) is 12.9. The van der Waals surface area contributed by atoms with Crippen LogP contribution in [0.4, 0.5) is 18.9 Å². The maximum atomic E-state index is 12.0. The topological polar surface area (TPSA) is 70.2 Å². The number of benzene rings is 1. The Morgan fingerprint density at radius 3 is 2.39 bits per heavy atom. The molecule has 0 radical (unpaired) electrons. The first-order valence-electron chi connectivity index (χ1n) is 6.84. The van der Waals surface area contributed by atoms with E-state index in [0.717, 1.165) is 19.4 Å². The van der Waals surface area contributed by atoms with Crippen molar-refractivity contribution in [1.82, 2.24) is 10.6 Å². The van der Waals surface area contributed by atoms with Crippen LogP contribution in [0.2, 0.25) is 0 Å². The van der Waals surface area contributed by atoms with Gasteiger partial charge in [-0.25, -0.2) is 0 Å². The monoisotopic (exact) mass is 351 g/mol. The number of rotatable bonds is 4. The molecule has 1 atom stereocenters. The van der Waals surface area contributed by atoms with Crippen LogP contribution in [0.25, 0.3) is 0 Å². The number of amides is 2. The SMILES string of the molecule is Cl.O=C(NCC(F)(F)F)c1ccc(NC(=O)C2CCCN2)cc1. The molecule has 1 aliphatic heterocycles. The molecule has 9 heteroatoms. The van der Waals surface area contributed by atoms with Crippen LogP contribution in [0.1, 0.15) is 23.2 Å². The predicted molar refractivity (Wildman–Crippen MR) is 81.7 cm³/mol. The van der Waals surface area contributed by atoms with Gasteiger partial charge in [-0.2, -0.15) is 13.2 Å². The van der Waals surface area contributed by atoms with Crippen molar-refractivity contribution in [3.05, 3.63) is 29.8 Å². The molecule has 1 aromatic rings. The van der Waals surface area contributed by atoms with E-state index in [9.17, 15) is 22.8 Å². The molecular weight excluding hydrogens is 335 g/mol. The van der Waals surface area contributed by atoms with E-state index in [1.54, 1.807) is 5.32 Å². The van der Waals surface area contributed by atoms with E-state index in [2.05, 4.69) is 10.6 Å². The highest BCUT2D eigenvalue weighted by atomic mass is 35.5. The van der Waals surface area contributed by atoms with Gasteiger partial charge in [-0.1, -0.05) is 0 Å². The Hall–Kier alpha value is -1.80. The van der Waals surface area contributed by atoms with Gasteiger partial charge in [0.15, 0.2) is 0 Å². The zero-order valence-electron chi connectivity index (χ0n) is 12.1. The highest BCUT2D eigenvalue weighted by Gasteiger charge is 2.28. The van der Waals surface area contributed by atoms with Crippen LogP contribution >= 0.6 is 12.4 Å². The van der Waals surface area contributed by atoms with Gasteiger partial charge < -0.3 is 16.0 Å². The van der Waals surface area contributed by atoms with Crippen LogP contribution in [-0.4, -0.2) is 37.1 Å². The van der Waals surface area contributed by atoms with Crippen molar-refractivity contribution in [1.29, 1.82) is 0 Å². The lowest BCUT2D eigenvalue weighted by molar-refractivity contribution is -0.123. The summed E-state index contributed by atoms with van der Waals surface area (Å²) in [7, 11) is 0. The fraction of sp³-hybridized carbons (Fsp3) is 0.429. The second-order valence-electron chi connectivity index (χ2n) is 5.01. The fourth-order valence-electron chi connectivity index (χ4n) is 2.13. The van der Waals surface area contributed by atoms with Crippen LogP contribution in [0.3, 0.4) is 0 Å². The van der Waals surface area contributed by atoms with Crippen molar-refractivity contribution < 1.29 is 22.8 Å². The minimum Gasteiger partial charge on any atom is -0.343 e. The number of nitrogens with one attached hydrogen (secondary N) is 3. The third kappa shape index (κ3) is 6.07. The van der Waals surface area contributed by atoms with E-state index in [0.29, 0.717) is 5.69 Å². The fourth-order valence-corrected chi connectivity index (χ4v) is 2.13. The Balaban J connectivity index is 0.00000264. The average Bonchev–Trinajstić information content (AvgIpc) is 2.99. The Morgan fingerprint density at radius 1 is 1.22 bits per heavy atom. The van der Waals surface area contributed by atoms with Crippen LogP contribution < -0.4 is 16.0 Å². The van der Waals surface area contributed by atoms with E-state index in [1.807, 2.05) is 0 Å². The smallest absolute Gasteiger partial charge is 0.343 e. The molecule has 0 aromatic heterocycles. The maximum Gasteiger partial charge on any atom is 0.405 e. The second-order valence-corrected chi connectivity index (χ2v) is 5.01. The molecule has 1 heterocycles. The number of halogens is 4. The summed E-state index contributed by atoms with van der Waals surface area (Å²) in [5, 5.41) is 7.53. The summed E-state index contributed by atoms with van der Waals surface area (Å²) in [6.45, 7) is -0.575. The first-order chi connectivity index (χ1) is 10.3. The summed E-state index contributed by atoms with van der Waals surface area (Å²) in [5.41, 5.74) is 0.590. The molecule has 0 bridgehead atoms. The van der Waals surface area contributed by atoms with Crippen LogP contribution in [0, 0.1) is 0 Å². The molecule has 0 spiro atoms. The van der Waals surface area contributed by atoms with Crippen LogP contribution in [0.15, 0.2) is 24.3 Å². The molecule has 1 aromatic carbocycles. The summed E-state index contributed by atoms with van der Waals surface area (Å²) in [6.07, 6.45) is -2.74. The quantitative estimate of drug-likeness (QED) is 0.778. The molecule has 0 aliphatic carbocycles. The van der Waals surface area contributed by atoms with E-state index in [4.69, 9.17) is 0 Å². The van der Waals surface area contributed by atoms with Crippen molar-refractivity contribution in [2.24, 2.45) is 0 Å². The first kappa shape index (κ1) is 19.2. The lowest BCUT2D eigenvalue weighted by atomic mass is 10.1. The van der Waals surface area contributed by atoms with Gasteiger partial charge >= 0.3 is 6.18 Å². The number of carbonyl (C=O) groups is 2. The van der Waals surface area contributed by atoms with Crippen molar-refractivity contribution >= 4 is 29.9 Å². The summed E-state index contributed by atoms with van der Waals surface area (Å²) >= 11 is 0. The molecule has 128 valence electrons. The predicted octanol–water partition coefficient (Wildman–Crippen LogP) is 2.09. The van der Waals surface area contributed by atoms with E-state index >= 15 is 0 Å². The number of hydrogen-bond acceptors (Lipinski definition) is 3. The standard InChI is InChI=1S/C14H16F3N3O2.ClH/c15-14(16,17)8-19-12(21)9-3-5-10(6-4-9)20-13(22)11-2-1-7-18-11;/h3-6,11,18H,1-2,7-8H2,(H,19,21)(H,20,22);1H. The maximum absolute atomic E-state index is 12.0. The number of carbonyl (C=O) groups excluding carboxylic acids is 2. The first-order valence-corrected chi connectivity index (χ1v) is 6.84. The largest absolute Gasteiger partial charge is 0.405 e. The van der Waals surface area contributed by atoms with Crippen molar-refractivity contribution in [3.63, 3.8) is 0 Å². The van der Waals surface area contributed by atoms with Crippen LogP contribution in [0.5, 0.6) is 0 Å². The number of anilines is 1. The van der Waals surface area contributed by atoms with Gasteiger partial charge in [-0.15, -0.1) is 12.4 Å². The molecule has 0 saturated carbocycles. The minimum absolute atomic E-state index is 0. The Labute approximate surface area is 137 Å². The van der Waals surface area contributed by atoms with Crippen LogP contribution in [-0.2, 0) is 4.79 Å². The molecular formula is C14H17ClF3N3O2. The van der Waals surface area contributed by atoms with Gasteiger partial charge in [0.1, 0.15) is 6.54 Å². The number of alkyl halides is 3. The molecule has 1 unspecified atom stereocenters. The molecule has 1 fully saturated rings. The molecule has 23 heavy (non-hydrogen) atoms. The second kappa shape index (κ2) is 8.16. The zero-order chi connectivity index (χ0) is 16.2. The molecule has 1 saturated heterocycles. The van der Waals surface area contributed by atoms with Crippen molar-refractivity contribution in [2.75, 3.05) is 18.4 Å². The number of hydrogen-bond donors (Lipinski definition) is 3. The summed E-state index contributed by atoms with van der Waals surface area (Å²) in [4.78, 5) is 23.4. The molecule has 1 aliphatic rings. The molecule has 5 nitrogen and oxygen atoms in total. The normalized spacial score (nSPS) is 17.3. The Bertz CT molecular complexity index is 543. The summed E-state index contributed by atoms with van der Waals surface area (Å²) < 4.78 is 36.1. The van der Waals surface area contributed by atoms with Gasteiger partial charge in [0.05, 0.1) is 6.04 Å². The van der Waals surface area contributed by atoms with E-state index in [1.165, 1.54) is 24.3 Å². The lowest BCUT2D eigenvalue weighted by Crippen LogP contribution is -2.35. The third-order valence-corrected chi connectivity index (χ3v) is 3.24. The average molecular weight is 352 g/mol. The van der Waals surface area contributed by atoms with Crippen molar-refractivity contribution in [2.45, 2.75) is 25.1 Å². The highest BCUT2D eigenvalue weighted by Crippen LogP contribution is 2.14. The van der Waals surface area contributed by atoms with Gasteiger partial charge in [0, 0.05) is 11.3 Å². The third-order valence-electron chi connectivity index (χ3n) is 3.24. The van der Waals surface area contributed by atoms with Gasteiger partial charge in [-0.05, 0) is 43.7 Å².